The third-order valence-electron chi connectivity index (χ3n) is 13.2. The molecular weight excluding hydrogens is 464 g/mol. The number of allylic oxidation sites excluding steroid dienone is 2. The van der Waals surface area contributed by atoms with Crippen molar-refractivity contribution in [1.82, 2.24) is 0 Å². The molecule has 0 aliphatic heterocycles. The van der Waals surface area contributed by atoms with Crippen LogP contribution in [0.15, 0.2) is 11.6 Å². The van der Waals surface area contributed by atoms with Gasteiger partial charge in [0.15, 0.2) is 0 Å². The standard InChI is InChI=1S/C32H50O5/c1-19(33)37-22-18-31(8)23(29(6)12-11-24(34)28(4,5)25(22)29)10-9-20-21-17-27(2,3)13-15-32(21,26(35)36)16-14-30(20,31)7/h9,21-25,34H,10-18H2,1-8H3,(H,35,36)/t21-,22+,23-,24-,25-,29+,30+,31+,32-/m0/s1. The molecule has 4 saturated carbocycles. The Balaban J connectivity index is 1.65. The van der Waals surface area contributed by atoms with Crippen molar-refractivity contribution in [3.05, 3.63) is 11.6 Å². The average molecular weight is 515 g/mol. The Labute approximate surface area is 223 Å². The smallest absolute Gasteiger partial charge is 0.310 e. The van der Waals surface area contributed by atoms with E-state index < -0.39 is 17.5 Å². The molecule has 5 aliphatic rings. The van der Waals surface area contributed by atoms with Gasteiger partial charge in [-0.05, 0) is 96.7 Å². The third kappa shape index (κ3) is 3.50. The molecule has 0 aromatic carbocycles. The Morgan fingerprint density at radius 3 is 2.22 bits per heavy atom. The highest BCUT2D eigenvalue weighted by Gasteiger charge is 2.71. The van der Waals surface area contributed by atoms with Crippen LogP contribution in [0.2, 0.25) is 0 Å². The molecule has 4 fully saturated rings. The number of hydrogen-bond donors (Lipinski definition) is 2. The van der Waals surface area contributed by atoms with Crippen LogP contribution in [-0.2, 0) is 14.3 Å². The first-order valence-electron chi connectivity index (χ1n) is 14.7. The summed E-state index contributed by atoms with van der Waals surface area (Å²) < 4.78 is 6.18. The second-order valence-electron chi connectivity index (χ2n) is 15.8. The number of fused-ring (bicyclic) bond motifs is 7. The van der Waals surface area contributed by atoms with Gasteiger partial charge in [-0.15, -0.1) is 0 Å². The van der Waals surface area contributed by atoms with Crippen molar-refractivity contribution >= 4 is 11.9 Å². The number of aliphatic hydroxyl groups is 1. The van der Waals surface area contributed by atoms with Crippen molar-refractivity contribution < 1.29 is 24.5 Å². The van der Waals surface area contributed by atoms with Crippen molar-refractivity contribution in [3.8, 4) is 0 Å². The number of aliphatic hydroxyl groups excluding tert-OH is 1. The summed E-state index contributed by atoms with van der Waals surface area (Å²) in [6.45, 7) is 17.7. The van der Waals surface area contributed by atoms with E-state index in [1.54, 1.807) is 0 Å². The lowest BCUT2D eigenvalue weighted by molar-refractivity contribution is -0.248. The molecule has 5 nitrogen and oxygen atoms in total. The summed E-state index contributed by atoms with van der Waals surface area (Å²) in [4.78, 5) is 25.3. The zero-order valence-electron chi connectivity index (χ0n) is 24.4. The number of carboxylic acids is 1. The number of hydrogen-bond acceptors (Lipinski definition) is 4. The predicted molar refractivity (Wildman–Crippen MR) is 144 cm³/mol. The van der Waals surface area contributed by atoms with E-state index in [2.05, 4.69) is 54.5 Å². The Morgan fingerprint density at radius 1 is 0.946 bits per heavy atom. The lowest BCUT2D eigenvalue weighted by atomic mass is 9.33. The fourth-order valence-corrected chi connectivity index (χ4v) is 11.1. The molecule has 0 saturated heterocycles. The molecule has 0 unspecified atom stereocenters. The maximum Gasteiger partial charge on any atom is 0.310 e. The van der Waals surface area contributed by atoms with Gasteiger partial charge in [0.05, 0.1) is 11.5 Å². The van der Waals surface area contributed by atoms with Crippen LogP contribution in [0.3, 0.4) is 0 Å². The molecule has 37 heavy (non-hydrogen) atoms. The van der Waals surface area contributed by atoms with Crippen molar-refractivity contribution in [1.29, 1.82) is 0 Å². The number of esters is 1. The van der Waals surface area contributed by atoms with Crippen molar-refractivity contribution in [2.45, 2.75) is 125 Å². The molecule has 0 radical (unpaired) electrons. The van der Waals surface area contributed by atoms with Gasteiger partial charge < -0.3 is 14.9 Å². The minimum Gasteiger partial charge on any atom is -0.481 e. The van der Waals surface area contributed by atoms with Crippen LogP contribution in [0.4, 0.5) is 0 Å². The largest absolute Gasteiger partial charge is 0.481 e. The molecular formula is C32H50O5. The summed E-state index contributed by atoms with van der Waals surface area (Å²) in [5.41, 5.74) is 0.176. The van der Waals surface area contributed by atoms with E-state index in [1.165, 1.54) is 12.5 Å². The first kappa shape index (κ1) is 27.2. The van der Waals surface area contributed by atoms with E-state index in [9.17, 15) is 19.8 Å². The molecule has 5 aliphatic carbocycles. The topological polar surface area (TPSA) is 83.8 Å². The van der Waals surface area contributed by atoms with E-state index in [0.717, 1.165) is 57.8 Å². The van der Waals surface area contributed by atoms with Crippen LogP contribution < -0.4 is 0 Å². The summed E-state index contributed by atoms with van der Waals surface area (Å²) in [5.74, 6) is -0.317. The number of carboxylic acid groups (broad SMARTS) is 1. The summed E-state index contributed by atoms with van der Waals surface area (Å²) in [6, 6.07) is 0. The van der Waals surface area contributed by atoms with Gasteiger partial charge in [0.25, 0.3) is 0 Å². The van der Waals surface area contributed by atoms with Gasteiger partial charge in [-0.1, -0.05) is 60.1 Å². The zero-order valence-corrected chi connectivity index (χ0v) is 24.4. The van der Waals surface area contributed by atoms with E-state index in [4.69, 9.17) is 4.74 Å². The second kappa shape index (κ2) is 8.08. The zero-order chi connectivity index (χ0) is 27.4. The van der Waals surface area contributed by atoms with Gasteiger partial charge in [0, 0.05) is 12.8 Å². The molecule has 208 valence electrons. The first-order chi connectivity index (χ1) is 16.9. The molecule has 0 amide bonds. The quantitative estimate of drug-likeness (QED) is 0.314. The molecule has 5 heteroatoms. The number of ether oxygens (including phenoxy) is 1. The van der Waals surface area contributed by atoms with Gasteiger partial charge in [-0.3, -0.25) is 9.59 Å². The van der Waals surface area contributed by atoms with Crippen LogP contribution in [-0.4, -0.2) is 34.4 Å². The second-order valence-corrected chi connectivity index (χ2v) is 15.8. The lowest BCUT2D eigenvalue weighted by Crippen LogP contribution is -2.68. The highest BCUT2D eigenvalue weighted by Crippen LogP contribution is 2.76. The highest BCUT2D eigenvalue weighted by atomic mass is 16.5. The van der Waals surface area contributed by atoms with Crippen LogP contribution >= 0.6 is 0 Å². The monoisotopic (exact) mass is 514 g/mol. The summed E-state index contributed by atoms with van der Waals surface area (Å²) in [6.07, 6.45) is 9.47. The van der Waals surface area contributed by atoms with E-state index in [0.29, 0.717) is 5.92 Å². The van der Waals surface area contributed by atoms with E-state index in [-0.39, 0.29) is 51.0 Å². The maximum atomic E-state index is 12.9. The van der Waals surface area contributed by atoms with Gasteiger partial charge in [0.1, 0.15) is 6.10 Å². The van der Waals surface area contributed by atoms with Crippen molar-refractivity contribution in [2.24, 2.45) is 50.2 Å². The number of carbonyl (C=O) groups is 2. The van der Waals surface area contributed by atoms with Crippen LogP contribution in [0.5, 0.6) is 0 Å². The van der Waals surface area contributed by atoms with Crippen LogP contribution in [0.1, 0.15) is 113 Å². The average Bonchev–Trinajstić information content (AvgIpc) is 2.76. The number of carbonyl (C=O) groups excluding carboxylic acids is 1. The lowest BCUT2D eigenvalue weighted by Gasteiger charge is -2.72. The molecule has 0 spiro atoms. The Morgan fingerprint density at radius 2 is 1.59 bits per heavy atom. The molecule has 9 atom stereocenters. The molecule has 0 bridgehead atoms. The molecule has 0 aromatic rings. The molecule has 0 heterocycles. The maximum absolute atomic E-state index is 12.9. The van der Waals surface area contributed by atoms with Gasteiger partial charge >= 0.3 is 11.9 Å². The Kier molecular flexibility index (Phi) is 5.95. The fourth-order valence-electron chi connectivity index (χ4n) is 11.1. The van der Waals surface area contributed by atoms with E-state index in [1.807, 2.05) is 0 Å². The van der Waals surface area contributed by atoms with Gasteiger partial charge in [-0.2, -0.15) is 0 Å². The summed E-state index contributed by atoms with van der Waals surface area (Å²) in [5, 5.41) is 21.7. The normalized spacial score (nSPS) is 49.9. The predicted octanol–water partition coefficient (Wildman–Crippen LogP) is 6.78. The van der Waals surface area contributed by atoms with Crippen molar-refractivity contribution in [2.75, 3.05) is 0 Å². The molecule has 0 aromatic heterocycles. The minimum atomic E-state index is -0.655. The summed E-state index contributed by atoms with van der Waals surface area (Å²) in [7, 11) is 0. The Bertz CT molecular complexity index is 1030. The first-order valence-corrected chi connectivity index (χ1v) is 14.7. The Hall–Kier alpha value is -1.36. The van der Waals surface area contributed by atoms with E-state index >= 15 is 0 Å². The number of rotatable bonds is 2. The van der Waals surface area contributed by atoms with Crippen LogP contribution in [0.25, 0.3) is 0 Å². The van der Waals surface area contributed by atoms with Crippen LogP contribution in [0, 0.1) is 50.2 Å². The number of aliphatic carboxylic acids is 1. The SMILES string of the molecule is CC(=O)O[C@@H]1C[C@]2(C)[C@@H](CC=C3[C@@H]4CC(C)(C)CC[C@]4(C(=O)O)CC[C@]32C)[C@@]2(C)CC[C@H](O)C(C)(C)[C@H]12. The molecule has 5 rings (SSSR count). The third-order valence-corrected chi connectivity index (χ3v) is 13.2. The minimum absolute atomic E-state index is 0.0626. The van der Waals surface area contributed by atoms with Crippen molar-refractivity contribution in [3.63, 3.8) is 0 Å². The van der Waals surface area contributed by atoms with Gasteiger partial charge in [-0.25, -0.2) is 0 Å². The fraction of sp³-hybridized carbons (Fsp3) is 0.875. The summed E-state index contributed by atoms with van der Waals surface area (Å²) >= 11 is 0. The molecule has 2 N–H and O–H groups in total. The van der Waals surface area contributed by atoms with Gasteiger partial charge in [0.2, 0.25) is 0 Å². The highest BCUT2D eigenvalue weighted by molar-refractivity contribution is 5.76.